The molecule has 3 N–H and O–H groups in total. The Morgan fingerprint density at radius 1 is 1.42 bits per heavy atom. The van der Waals surface area contributed by atoms with E-state index in [1.54, 1.807) is 0 Å². The molecule has 0 aliphatic carbocycles. The maximum atomic E-state index is 13.1. The fraction of sp³-hybridized carbons (Fsp3) is 0. The molecule has 0 fully saturated rings. The zero-order chi connectivity index (χ0) is 14.0. The number of benzene rings is 1. The number of halogens is 2. The topological polar surface area (TPSA) is 85.4 Å². The van der Waals surface area contributed by atoms with Crippen LogP contribution in [-0.4, -0.2) is 16.1 Å². The summed E-state index contributed by atoms with van der Waals surface area (Å²) in [5.41, 5.74) is 5.37. The maximum Gasteiger partial charge on any atom is 0.338 e. The Bertz CT molecular complexity index is 649. The molecule has 0 aliphatic heterocycles. The van der Waals surface area contributed by atoms with Gasteiger partial charge in [-0.2, -0.15) is 0 Å². The van der Waals surface area contributed by atoms with Crippen molar-refractivity contribution >= 4 is 27.6 Å². The lowest BCUT2D eigenvalue weighted by molar-refractivity contribution is 0.0697. The molecule has 0 saturated heterocycles. The molecule has 0 amide bonds. The molecular formula is C12H8BrFN2O3. The quantitative estimate of drug-likeness (QED) is 0.905. The van der Waals surface area contributed by atoms with E-state index in [0.717, 1.165) is 6.07 Å². The fourth-order valence-electron chi connectivity index (χ4n) is 1.36. The molecule has 1 heterocycles. The van der Waals surface area contributed by atoms with Crippen LogP contribution in [0.4, 0.5) is 10.1 Å². The van der Waals surface area contributed by atoms with Crippen LogP contribution in [0, 0.1) is 5.82 Å². The summed E-state index contributed by atoms with van der Waals surface area (Å²) in [5.74, 6) is -1.47. The number of carboxylic acid groups (broad SMARTS) is 1. The van der Waals surface area contributed by atoms with E-state index in [1.165, 1.54) is 24.4 Å². The SMILES string of the molecule is Nc1cnc(Oc2cc(F)ccc2Br)cc1C(=O)O. The predicted octanol–water partition coefficient (Wildman–Crippen LogP) is 3.06. The number of ether oxygens (including phenoxy) is 1. The van der Waals surface area contributed by atoms with Gasteiger partial charge in [-0.15, -0.1) is 0 Å². The van der Waals surface area contributed by atoms with Gasteiger partial charge < -0.3 is 15.6 Å². The second-order valence-corrected chi connectivity index (χ2v) is 4.45. The van der Waals surface area contributed by atoms with E-state index in [2.05, 4.69) is 20.9 Å². The van der Waals surface area contributed by atoms with Crippen LogP contribution in [0.5, 0.6) is 11.6 Å². The third-order valence-corrected chi connectivity index (χ3v) is 2.90. The Balaban J connectivity index is 2.36. The number of hydrogen-bond acceptors (Lipinski definition) is 4. The summed E-state index contributed by atoms with van der Waals surface area (Å²) in [6.07, 6.45) is 1.17. The minimum absolute atomic E-state index is 0.0119. The van der Waals surface area contributed by atoms with E-state index in [1.807, 2.05) is 0 Å². The molecule has 2 aromatic rings. The van der Waals surface area contributed by atoms with Crippen molar-refractivity contribution in [3.63, 3.8) is 0 Å². The Morgan fingerprint density at radius 2 is 2.16 bits per heavy atom. The maximum absolute atomic E-state index is 13.1. The Hall–Kier alpha value is -2.15. The molecular weight excluding hydrogens is 319 g/mol. The van der Waals surface area contributed by atoms with Crippen LogP contribution >= 0.6 is 15.9 Å². The van der Waals surface area contributed by atoms with Crippen LogP contribution < -0.4 is 10.5 Å². The van der Waals surface area contributed by atoms with Crippen molar-refractivity contribution in [2.45, 2.75) is 0 Å². The van der Waals surface area contributed by atoms with Gasteiger partial charge in [0, 0.05) is 12.1 Å². The Labute approximate surface area is 116 Å². The lowest BCUT2D eigenvalue weighted by Gasteiger charge is -2.08. The van der Waals surface area contributed by atoms with Crippen LogP contribution in [0.2, 0.25) is 0 Å². The van der Waals surface area contributed by atoms with Crippen molar-refractivity contribution in [1.82, 2.24) is 4.98 Å². The number of rotatable bonds is 3. The number of pyridine rings is 1. The number of nitrogens with two attached hydrogens (primary N) is 1. The lowest BCUT2D eigenvalue weighted by atomic mass is 10.2. The van der Waals surface area contributed by atoms with Gasteiger partial charge in [0.1, 0.15) is 11.6 Å². The molecule has 1 aromatic carbocycles. The van der Waals surface area contributed by atoms with Crippen LogP contribution in [-0.2, 0) is 0 Å². The molecule has 0 saturated carbocycles. The first-order valence-corrected chi connectivity index (χ1v) is 5.88. The lowest BCUT2D eigenvalue weighted by Crippen LogP contribution is -2.03. The van der Waals surface area contributed by atoms with Gasteiger partial charge in [0.25, 0.3) is 0 Å². The summed E-state index contributed by atoms with van der Waals surface area (Å²) in [7, 11) is 0. The number of nitrogen functional groups attached to an aromatic ring is 1. The number of carboxylic acids is 1. The molecule has 2 rings (SSSR count). The first kappa shape index (κ1) is 13.3. The summed E-state index contributed by atoms with van der Waals surface area (Å²) in [4.78, 5) is 14.7. The van der Waals surface area contributed by atoms with E-state index in [-0.39, 0.29) is 22.9 Å². The third-order valence-electron chi connectivity index (χ3n) is 2.25. The van der Waals surface area contributed by atoms with E-state index in [9.17, 15) is 9.18 Å². The molecule has 19 heavy (non-hydrogen) atoms. The van der Waals surface area contributed by atoms with Gasteiger partial charge in [-0.25, -0.2) is 14.2 Å². The molecule has 7 heteroatoms. The summed E-state index contributed by atoms with van der Waals surface area (Å²) in [6, 6.07) is 5.06. The van der Waals surface area contributed by atoms with Crippen LogP contribution in [0.15, 0.2) is 34.9 Å². The smallest absolute Gasteiger partial charge is 0.338 e. The van der Waals surface area contributed by atoms with Gasteiger partial charge in [0.05, 0.1) is 21.9 Å². The average Bonchev–Trinajstić information content (AvgIpc) is 2.36. The van der Waals surface area contributed by atoms with Gasteiger partial charge in [-0.1, -0.05) is 0 Å². The van der Waals surface area contributed by atoms with Gasteiger partial charge in [-0.3, -0.25) is 0 Å². The van der Waals surface area contributed by atoms with E-state index in [4.69, 9.17) is 15.6 Å². The molecule has 0 unspecified atom stereocenters. The molecule has 0 spiro atoms. The fourth-order valence-corrected chi connectivity index (χ4v) is 1.68. The first-order valence-electron chi connectivity index (χ1n) is 5.09. The van der Waals surface area contributed by atoms with Crippen molar-refractivity contribution in [1.29, 1.82) is 0 Å². The number of nitrogens with zero attached hydrogens (tertiary/aromatic N) is 1. The minimum Gasteiger partial charge on any atom is -0.478 e. The number of aromatic nitrogens is 1. The zero-order valence-electron chi connectivity index (χ0n) is 9.43. The molecule has 0 atom stereocenters. The Kier molecular flexibility index (Phi) is 3.66. The molecule has 0 aliphatic rings. The van der Waals surface area contributed by atoms with Crippen molar-refractivity contribution in [3.8, 4) is 11.6 Å². The van der Waals surface area contributed by atoms with Crippen molar-refractivity contribution in [2.75, 3.05) is 5.73 Å². The first-order chi connectivity index (χ1) is 8.97. The van der Waals surface area contributed by atoms with Crippen LogP contribution in [0.1, 0.15) is 10.4 Å². The average molecular weight is 327 g/mol. The summed E-state index contributed by atoms with van der Waals surface area (Å²) in [6.45, 7) is 0. The molecule has 0 radical (unpaired) electrons. The largest absolute Gasteiger partial charge is 0.478 e. The van der Waals surface area contributed by atoms with Gasteiger partial charge in [0.2, 0.25) is 5.88 Å². The summed E-state index contributed by atoms with van der Waals surface area (Å²) in [5, 5.41) is 8.92. The van der Waals surface area contributed by atoms with Gasteiger partial charge in [0.15, 0.2) is 0 Å². The van der Waals surface area contributed by atoms with Crippen LogP contribution in [0.25, 0.3) is 0 Å². The van der Waals surface area contributed by atoms with Crippen molar-refractivity contribution in [3.05, 3.63) is 46.3 Å². The summed E-state index contributed by atoms with van der Waals surface area (Å²) >= 11 is 3.19. The molecule has 5 nitrogen and oxygen atoms in total. The second-order valence-electron chi connectivity index (χ2n) is 3.59. The highest BCUT2D eigenvalue weighted by Crippen LogP contribution is 2.30. The number of aromatic carboxylic acids is 1. The predicted molar refractivity (Wildman–Crippen MR) is 69.8 cm³/mol. The van der Waals surface area contributed by atoms with E-state index in [0.29, 0.717) is 4.47 Å². The normalized spacial score (nSPS) is 10.2. The van der Waals surface area contributed by atoms with Gasteiger partial charge >= 0.3 is 5.97 Å². The molecule has 0 bridgehead atoms. The standard InChI is InChI=1S/C12H8BrFN2O3/c13-8-2-1-6(14)3-10(8)19-11-4-7(12(17)18)9(15)5-16-11/h1-5H,15H2,(H,17,18). The van der Waals surface area contributed by atoms with Crippen molar-refractivity contribution in [2.24, 2.45) is 0 Å². The number of hydrogen-bond donors (Lipinski definition) is 2. The second kappa shape index (κ2) is 5.23. The zero-order valence-corrected chi connectivity index (χ0v) is 11.0. The Morgan fingerprint density at radius 3 is 2.84 bits per heavy atom. The monoisotopic (exact) mass is 326 g/mol. The highest BCUT2D eigenvalue weighted by Gasteiger charge is 2.12. The molecule has 98 valence electrons. The summed E-state index contributed by atoms with van der Waals surface area (Å²) < 4.78 is 18.9. The van der Waals surface area contributed by atoms with E-state index >= 15 is 0 Å². The highest BCUT2D eigenvalue weighted by molar-refractivity contribution is 9.10. The number of anilines is 1. The van der Waals surface area contributed by atoms with E-state index < -0.39 is 11.8 Å². The molecule has 1 aromatic heterocycles. The highest BCUT2D eigenvalue weighted by atomic mass is 79.9. The number of carbonyl (C=O) groups is 1. The van der Waals surface area contributed by atoms with Gasteiger partial charge in [-0.05, 0) is 28.1 Å². The minimum atomic E-state index is -1.19. The third kappa shape index (κ3) is 3.00. The van der Waals surface area contributed by atoms with Crippen LogP contribution in [0.3, 0.4) is 0 Å². The van der Waals surface area contributed by atoms with Crippen molar-refractivity contribution < 1.29 is 19.0 Å².